The minimum atomic E-state index is -0.447. The standard InChI is InChI=1S/C13H22N4O2/c1-13(2,3)19-12(18)17-5-4-9-6-11(15-16-14)7-10(9)8-17/h9-11H,4-8H2,1-3H3/t9-,10-,11-/m0/s1. The molecule has 0 unspecified atom stereocenters. The lowest BCUT2D eigenvalue weighted by Crippen LogP contribution is -2.44. The third-order valence-electron chi connectivity index (χ3n) is 3.91. The molecule has 1 aliphatic heterocycles. The van der Waals surface area contributed by atoms with Gasteiger partial charge in [-0.2, -0.15) is 0 Å². The van der Waals surface area contributed by atoms with Crippen LogP contribution in [0, 0.1) is 11.8 Å². The van der Waals surface area contributed by atoms with Gasteiger partial charge >= 0.3 is 6.09 Å². The Bertz CT molecular complexity index is 398. The molecule has 19 heavy (non-hydrogen) atoms. The van der Waals surface area contributed by atoms with Crippen molar-refractivity contribution in [1.29, 1.82) is 0 Å². The van der Waals surface area contributed by atoms with Gasteiger partial charge in [0.05, 0.1) is 0 Å². The van der Waals surface area contributed by atoms with E-state index in [0.29, 0.717) is 11.8 Å². The fourth-order valence-electron chi connectivity index (χ4n) is 3.11. The number of hydrogen-bond donors (Lipinski definition) is 0. The van der Waals surface area contributed by atoms with Crippen LogP contribution in [-0.2, 0) is 4.74 Å². The molecular weight excluding hydrogens is 244 g/mol. The Hall–Kier alpha value is -1.42. The third-order valence-corrected chi connectivity index (χ3v) is 3.91. The number of ether oxygens (including phenoxy) is 1. The summed E-state index contributed by atoms with van der Waals surface area (Å²) in [5, 5.41) is 3.82. The van der Waals surface area contributed by atoms with Gasteiger partial charge in [-0.1, -0.05) is 5.11 Å². The average molecular weight is 266 g/mol. The number of likely N-dealkylation sites (tertiary alicyclic amines) is 1. The minimum absolute atomic E-state index is 0.110. The molecule has 0 aromatic rings. The summed E-state index contributed by atoms with van der Waals surface area (Å²) in [4.78, 5) is 16.7. The van der Waals surface area contributed by atoms with Crippen molar-refractivity contribution in [3.05, 3.63) is 10.4 Å². The summed E-state index contributed by atoms with van der Waals surface area (Å²) in [6, 6.07) is 0.110. The van der Waals surface area contributed by atoms with Gasteiger partial charge in [-0.3, -0.25) is 0 Å². The highest BCUT2D eigenvalue weighted by Crippen LogP contribution is 2.39. The molecule has 0 N–H and O–H groups in total. The van der Waals surface area contributed by atoms with Gasteiger partial charge in [-0.25, -0.2) is 4.79 Å². The lowest BCUT2D eigenvalue weighted by molar-refractivity contribution is 0.0127. The van der Waals surface area contributed by atoms with Gasteiger partial charge in [0.1, 0.15) is 5.60 Å². The number of fused-ring (bicyclic) bond motifs is 1. The van der Waals surface area contributed by atoms with Crippen LogP contribution in [0.25, 0.3) is 10.4 Å². The summed E-state index contributed by atoms with van der Waals surface area (Å²) < 4.78 is 5.41. The number of piperidine rings is 1. The number of hydrogen-bond acceptors (Lipinski definition) is 3. The predicted molar refractivity (Wildman–Crippen MR) is 71.6 cm³/mol. The molecule has 2 fully saturated rings. The maximum Gasteiger partial charge on any atom is 0.410 e. The highest BCUT2D eigenvalue weighted by atomic mass is 16.6. The van der Waals surface area contributed by atoms with Crippen molar-refractivity contribution in [2.24, 2.45) is 17.0 Å². The first-order chi connectivity index (χ1) is 8.89. The van der Waals surface area contributed by atoms with Gasteiger partial charge in [0.15, 0.2) is 0 Å². The van der Waals surface area contributed by atoms with Gasteiger partial charge in [0, 0.05) is 24.0 Å². The molecule has 2 aliphatic rings. The van der Waals surface area contributed by atoms with E-state index in [1.165, 1.54) is 0 Å². The predicted octanol–water partition coefficient (Wildman–Crippen LogP) is 3.33. The normalized spacial score (nSPS) is 30.5. The largest absolute Gasteiger partial charge is 0.444 e. The van der Waals surface area contributed by atoms with Crippen molar-refractivity contribution in [2.45, 2.75) is 51.7 Å². The SMILES string of the molecule is CC(C)(C)OC(=O)N1CC[C@H]2C[C@H](N=[N+]=[N-])C[C@H]2C1. The molecule has 106 valence electrons. The molecule has 0 bridgehead atoms. The lowest BCUT2D eigenvalue weighted by atomic mass is 9.89. The summed E-state index contributed by atoms with van der Waals surface area (Å²) in [5.74, 6) is 1.05. The van der Waals surface area contributed by atoms with Crippen molar-refractivity contribution in [3.63, 3.8) is 0 Å². The van der Waals surface area contributed by atoms with Crippen molar-refractivity contribution < 1.29 is 9.53 Å². The molecular formula is C13H22N4O2. The summed E-state index contributed by atoms with van der Waals surface area (Å²) >= 11 is 0. The fourth-order valence-corrected chi connectivity index (χ4v) is 3.11. The summed E-state index contributed by atoms with van der Waals surface area (Å²) in [7, 11) is 0. The Morgan fingerprint density at radius 2 is 2.05 bits per heavy atom. The van der Waals surface area contributed by atoms with Gasteiger partial charge in [0.2, 0.25) is 0 Å². The monoisotopic (exact) mass is 266 g/mol. The minimum Gasteiger partial charge on any atom is -0.444 e. The zero-order valence-electron chi connectivity index (χ0n) is 11.9. The summed E-state index contributed by atoms with van der Waals surface area (Å²) in [6.45, 7) is 7.12. The van der Waals surface area contributed by atoms with Gasteiger partial charge in [-0.15, -0.1) is 0 Å². The van der Waals surface area contributed by atoms with Crippen molar-refractivity contribution >= 4 is 6.09 Å². The Morgan fingerprint density at radius 3 is 2.68 bits per heavy atom. The first-order valence-electron chi connectivity index (χ1n) is 6.91. The Morgan fingerprint density at radius 1 is 1.37 bits per heavy atom. The molecule has 1 heterocycles. The van der Waals surface area contributed by atoms with Crippen LogP contribution in [0.4, 0.5) is 4.79 Å². The second-order valence-corrected chi connectivity index (χ2v) is 6.57. The molecule has 6 heteroatoms. The smallest absolute Gasteiger partial charge is 0.410 e. The zero-order valence-corrected chi connectivity index (χ0v) is 11.9. The van der Waals surface area contributed by atoms with Crippen LogP contribution in [0.5, 0.6) is 0 Å². The van der Waals surface area contributed by atoms with Crippen LogP contribution in [0.2, 0.25) is 0 Å². The van der Waals surface area contributed by atoms with E-state index >= 15 is 0 Å². The van der Waals surface area contributed by atoms with E-state index in [1.807, 2.05) is 20.8 Å². The second kappa shape index (κ2) is 5.29. The quantitative estimate of drug-likeness (QED) is 0.414. The molecule has 2 rings (SSSR count). The molecule has 1 saturated carbocycles. The van der Waals surface area contributed by atoms with Crippen LogP contribution in [-0.4, -0.2) is 35.7 Å². The maximum atomic E-state index is 12.0. The number of carbonyl (C=O) groups is 1. The highest BCUT2D eigenvalue weighted by Gasteiger charge is 2.39. The molecule has 1 amide bonds. The highest BCUT2D eigenvalue weighted by molar-refractivity contribution is 5.68. The molecule has 1 saturated heterocycles. The average Bonchev–Trinajstić information content (AvgIpc) is 2.68. The number of nitrogens with zero attached hydrogens (tertiary/aromatic N) is 4. The summed E-state index contributed by atoms with van der Waals surface area (Å²) in [5.41, 5.74) is 8.05. The van der Waals surface area contributed by atoms with E-state index in [0.717, 1.165) is 32.4 Å². The van der Waals surface area contributed by atoms with E-state index in [4.69, 9.17) is 10.3 Å². The van der Waals surface area contributed by atoms with Crippen LogP contribution in [0.3, 0.4) is 0 Å². The Balaban J connectivity index is 1.92. The second-order valence-electron chi connectivity index (χ2n) is 6.57. The molecule has 6 nitrogen and oxygen atoms in total. The number of carbonyl (C=O) groups excluding carboxylic acids is 1. The molecule has 0 aromatic heterocycles. The maximum absolute atomic E-state index is 12.0. The molecule has 0 radical (unpaired) electrons. The third kappa shape index (κ3) is 3.53. The first kappa shape index (κ1) is 14.0. The number of amides is 1. The van der Waals surface area contributed by atoms with Crippen LogP contribution < -0.4 is 0 Å². The van der Waals surface area contributed by atoms with E-state index in [-0.39, 0.29) is 12.1 Å². The topological polar surface area (TPSA) is 78.3 Å². The Labute approximate surface area is 113 Å². The summed E-state index contributed by atoms with van der Waals surface area (Å²) in [6.07, 6.45) is 2.63. The Kier molecular flexibility index (Phi) is 3.90. The fraction of sp³-hybridized carbons (Fsp3) is 0.923. The molecule has 1 aliphatic carbocycles. The van der Waals surface area contributed by atoms with Crippen LogP contribution >= 0.6 is 0 Å². The van der Waals surface area contributed by atoms with E-state index < -0.39 is 5.60 Å². The van der Waals surface area contributed by atoms with Crippen LogP contribution in [0.15, 0.2) is 5.11 Å². The first-order valence-corrected chi connectivity index (χ1v) is 6.91. The van der Waals surface area contributed by atoms with E-state index in [1.54, 1.807) is 4.90 Å². The van der Waals surface area contributed by atoms with Gasteiger partial charge in [-0.05, 0) is 57.4 Å². The lowest BCUT2D eigenvalue weighted by Gasteiger charge is -2.35. The van der Waals surface area contributed by atoms with Crippen molar-refractivity contribution in [1.82, 2.24) is 4.90 Å². The molecule has 3 atom stereocenters. The van der Waals surface area contributed by atoms with Gasteiger partial charge < -0.3 is 9.64 Å². The van der Waals surface area contributed by atoms with Crippen molar-refractivity contribution in [2.75, 3.05) is 13.1 Å². The number of rotatable bonds is 1. The number of azide groups is 1. The zero-order chi connectivity index (χ0) is 14.0. The van der Waals surface area contributed by atoms with E-state index in [2.05, 4.69) is 10.0 Å². The van der Waals surface area contributed by atoms with Gasteiger partial charge in [0.25, 0.3) is 0 Å². The molecule has 0 spiro atoms. The van der Waals surface area contributed by atoms with Crippen LogP contribution in [0.1, 0.15) is 40.0 Å². The molecule has 0 aromatic carbocycles. The van der Waals surface area contributed by atoms with Crippen molar-refractivity contribution in [3.8, 4) is 0 Å². The van der Waals surface area contributed by atoms with E-state index in [9.17, 15) is 4.79 Å².